The summed E-state index contributed by atoms with van der Waals surface area (Å²) in [7, 11) is 0. The van der Waals surface area contributed by atoms with Crippen molar-refractivity contribution in [1.29, 1.82) is 0 Å². The second-order valence-corrected chi connectivity index (χ2v) is 6.77. The highest BCUT2D eigenvalue weighted by atomic mass is 16.5. The summed E-state index contributed by atoms with van der Waals surface area (Å²) in [5, 5.41) is 5.54. The zero-order valence-corrected chi connectivity index (χ0v) is 15.8. The molecule has 2 N–H and O–H groups in total. The lowest BCUT2D eigenvalue weighted by molar-refractivity contribution is -0.155. The summed E-state index contributed by atoms with van der Waals surface area (Å²) in [6.07, 6.45) is 3.34. The molecule has 0 spiro atoms. The van der Waals surface area contributed by atoms with Crippen LogP contribution in [0.4, 0.5) is 0 Å². The third-order valence-electron chi connectivity index (χ3n) is 4.72. The maximum absolute atomic E-state index is 12.4. The van der Waals surface area contributed by atoms with Gasteiger partial charge in [-0.25, -0.2) is 0 Å². The third kappa shape index (κ3) is 5.00. The topological polar surface area (TPSA) is 97.6 Å². The Morgan fingerprint density at radius 3 is 2.82 bits per heavy atom. The average molecular weight is 384 g/mol. The minimum absolute atomic E-state index is 0.0314. The first-order valence-electron chi connectivity index (χ1n) is 9.44. The highest BCUT2D eigenvalue weighted by molar-refractivity contribution is 5.91. The summed E-state index contributed by atoms with van der Waals surface area (Å²) in [6, 6.07) is 11.1. The van der Waals surface area contributed by atoms with Gasteiger partial charge in [0.05, 0.1) is 18.7 Å². The molecule has 3 rings (SSSR count). The summed E-state index contributed by atoms with van der Waals surface area (Å²) >= 11 is 0. The Morgan fingerprint density at radius 2 is 2.04 bits per heavy atom. The van der Waals surface area contributed by atoms with Crippen molar-refractivity contribution < 1.29 is 23.5 Å². The van der Waals surface area contributed by atoms with Gasteiger partial charge in [-0.2, -0.15) is 0 Å². The van der Waals surface area contributed by atoms with E-state index in [-0.39, 0.29) is 30.7 Å². The molecular weight excluding hydrogens is 360 g/mol. The standard InChI is InChI=1S/C21H24N2O5/c1-14(28-19(24)11-12-22-21(26)18-10-5-13-27-18)20(25)23-17-9-4-7-15-6-2-3-8-16(15)17/h2-3,5-6,8,10,13-14,17H,4,7,9,11-12H2,1H3,(H,22,26)(H,23,25)/t14-,17-/m1/s1. The molecule has 2 aromatic rings. The summed E-state index contributed by atoms with van der Waals surface area (Å²) in [5.74, 6) is -1.10. The molecule has 0 bridgehead atoms. The number of hydrogen-bond donors (Lipinski definition) is 2. The molecule has 1 aromatic heterocycles. The van der Waals surface area contributed by atoms with Crippen LogP contribution >= 0.6 is 0 Å². The van der Waals surface area contributed by atoms with Gasteiger partial charge in [0.25, 0.3) is 11.8 Å². The van der Waals surface area contributed by atoms with E-state index in [2.05, 4.69) is 16.7 Å². The van der Waals surface area contributed by atoms with E-state index in [1.54, 1.807) is 13.0 Å². The molecule has 0 saturated carbocycles. The lowest BCUT2D eigenvalue weighted by atomic mass is 9.87. The average Bonchev–Trinajstić information content (AvgIpc) is 3.23. The molecule has 7 heteroatoms. The van der Waals surface area contributed by atoms with Crippen LogP contribution in [0.25, 0.3) is 0 Å². The second kappa shape index (κ2) is 9.21. The van der Waals surface area contributed by atoms with Crippen molar-refractivity contribution >= 4 is 17.8 Å². The van der Waals surface area contributed by atoms with E-state index in [1.807, 2.05) is 18.2 Å². The van der Waals surface area contributed by atoms with Crippen LogP contribution < -0.4 is 10.6 Å². The van der Waals surface area contributed by atoms with Gasteiger partial charge < -0.3 is 19.8 Å². The number of nitrogens with one attached hydrogen (secondary N) is 2. The number of carbonyl (C=O) groups excluding carboxylic acids is 3. The Morgan fingerprint density at radius 1 is 1.21 bits per heavy atom. The van der Waals surface area contributed by atoms with Crippen molar-refractivity contribution in [3.8, 4) is 0 Å². The Hall–Kier alpha value is -3.09. The number of aryl methyl sites for hydroxylation is 1. The minimum atomic E-state index is -0.901. The molecule has 28 heavy (non-hydrogen) atoms. The molecule has 1 aliphatic rings. The van der Waals surface area contributed by atoms with Gasteiger partial charge >= 0.3 is 5.97 Å². The van der Waals surface area contributed by atoms with Crippen LogP contribution in [0.15, 0.2) is 47.1 Å². The Bertz CT molecular complexity index is 831. The van der Waals surface area contributed by atoms with E-state index in [1.165, 1.54) is 17.9 Å². The highest BCUT2D eigenvalue weighted by Crippen LogP contribution is 2.29. The molecule has 148 valence electrons. The largest absolute Gasteiger partial charge is 0.459 e. The van der Waals surface area contributed by atoms with E-state index < -0.39 is 18.0 Å². The van der Waals surface area contributed by atoms with Crippen molar-refractivity contribution in [1.82, 2.24) is 10.6 Å². The zero-order chi connectivity index (χ0) is 19.9. The molecule has 0 radical (unpaired) electrons. The predicted molar refractivity (Wildman–Crippen MR) is 101 cm³/mol. The number of benzene rings is 1. The monoisotopic (exact) mass is 384 g/mol. The van der Waals surface area contributed by atoms with Gasteiger partial charge in [-0.1, -0.05) is 24.3 Å². The molecule has 0 fully saturated rings. The lowest BCUT2D eigenvalue weighted by Gasteiger charge is -2.27. The molecule has 0 saturated heterocycles. The van der Waals surface area contributed by atoms with Crippen LogP contribution in [0.1, 0.15) is 53.9 Å². The van der Waals surface area contributed by atoms with E-state index in [4.69, 9.17) is 9.15 Å². The number of carbonyl (C=O) groups is 3. The number of hydrogen-bond acceptors (Lipinski definition) is 5. The van der Waals surface area contributed by atoms with Crippen LogP contribution in [0.2, 0.25) is 0 Å². The smallest absolute Gasteiger partial charge is 0.308 e. The van der Waals surface area contributed by atoms with Crippen molar-refractivity contribution in [3.63, 3.8) is 0 Å². The molecule has 1 aliphatic carbocycles. The first-order chi connectivity index (χ1) is 13.5. The summed E-state index contributed by atoms with van der Waals surface area (Å²) in [5.41, 5.74) is 2.37. The van der Waals surface area contributed by atoms with Crippen LogP contribution in [0.3, 0.4) is 0 Å². The van der Waals surface area contributed by atoms with Crippen molar-refractivity contribution in [2.45, 2.75) is 44.8 Å². The van der Waals surface area contributed by atoms with Gasteiger partial charge in [0, 0.05) is 6.54 Å². The van der Waals surface area contributed by atoms with Gasteiger partial charge in [-0.05, 0) is 49.4 Å². The number of ether oxygens (including phenoxy) is 1. The second-order valence-electron chi connectivity index (χ2n) is 6.77. The summed E-state index contributed by atoms with van der Waals surface area (Å²) in [4.78, 5) is 36.1. The van der Waals surface area contributed by atoms with Gasteiger partial charge in [0.1, 0.15) is 0 Å². The van der Waals surface area contributed by atoms with Crippen LogP contribution in [-0.4, -0.2) is 30.4 Å². The minimum Gasteiger partial charge on any atom is -0.459 e. The van der Waals surface area contributed by atoms with Crippen molar-refractivity contribution in [3.05, 3.63) is 59.5 Å². The molecule has 0 unspecified atom stereocenters. The maximum atomic E-state index is 12.4. The quantitative estimate of drug-likeness (QED) is 0.715. The first kappa shape index (κ1) is 19.7. The third-order valence-corrected chi connectivity index (χ3v) is 4.72. The molecule has 1 heterocycles. The Labute approximate surface area is 163 Å². The number of rotatable bonds is 7. The van der Waals surface area contributed by atoms with Crippen molar-refractivity contribution in [2.75, 3.05) is 6.54 Å². The van der Waals surface area contributed by atoms with E-state index in [9.17, 15) is 14.4 Å². The maximum Gasteiger partial charge on any atom is 0.308 e. The normalized spacial score (nSPS) is 16.5. The van der Waals surface area contributed by atoms with Gasteiger partial charge in [0.15, 0.2) is 11.9 Å². The zero-order valence-electron chi connectivity index (χ0n) is 15.8. The van der Waals surface area contributed by atoms with Gasteiger partial charge in [-0.3, -0.25) is 14.4 Å². The molecule has 2 atom stereocenters. The Kier molecular flexibility index (Phi) is 6.47. The Balaban J connectivity index is 1.43. The van der Waals surface area contributed by atoms with E-state index in [0.29, 0.717) is 0 Å². The van der Waals surface area contributed by atoms with Gasteiger partial charge in [-0.15, -0.1) is 0 Å². The fourth-order valence-corrected chi connectivity index (χ4v) is 3.28. The fourth-order valence-electron chi connectivity index (χ4n) is 3.28. The molecule has 1 aromatic carbocycles. The van der Waals surface area contributed by atoms with Crippen LogP contribution in [0, 0.1) is 0 Å². The van der Waals surface area contributed by atoms with Crippen LogP contribution in [0.5, 0.6) is 0 Å². The van der Waals surface area contributed by atoms with Crippen LogP contribution in [-0.2, 0) is 20.7 Å². The number of amides is 2. The molecule has 2 amide bonds. The first-order valence-corrected chi connectivity index (χ1v) is 9.44. The van der Waals surface area contributed by atoms with E-state index in [0.717, 1.165) is 24.8 Å². The SMILES string of the molecule is C[C@@H](OC(=O)CCNC(=O)c1ccco1)C(=O)N[C@@H]1CCCc2ccccc21. The summed E-state index contributed by atoms with van der Waals surface area (Å²) < 4.78 is 10.2. The lowest BCUT2D eigenvalue weighted by Crippen LogP contribution is -2.39. The number of fused-ring (bicyclic) bond motifs is 1. The van der Waals surface area contributed by atoms with Crippen molar-refractivity contribution in [2.24, 2.45) is 0 Å². The number of esters is 1. The molecular formula is C21H24N2O5. The predicted octanol–water partition coefficient (Wildman–Crippen LogP) is 2.53. The molecule has 0 aliphatic heterocycles. The summed E-state index contributed by atoms with van der Waals surface area (Å²) in [6.45, 7) is 1.64. The number of furan rings is 1. The van der Waals surface area contributed by atoms with Gasteiger partial charge in [0.2, 0.25) is 0 Å². The molecule has 7 nitrogen and oxygen atoms in total. The van der Waals surface area contributed by atoms with E-state index >= 15 is 0 Å². The highest BCUT2D eigenvalue weighted by Gasteiger charge is 2.25. The fraction of sp³-hybridized carbons (Fsp3) is 0.381.